The summed E-state index contributed by atoms with van der Waals surface area (Å²) in [5.41, 5.74) is 3.39. The summed E-state index contributed by atoms with van der Waals surface area (Å²) in [5.74, 6) is -0.125. The molecule has 0 radical (unpaired) electrons. The van der Waals surface area contributed by atoms with E-state index in [-0.39, 0.29) is 10.6 Å². The average Bonchev–Trinajstić information content (AvgIpc) is 2.64. The lowest BCUT2D eigenvalue weighted by Crippen LogP contribution is -2.41. The van der Waals surface area contributed by atoms with Gasteiger partial charge in [0.05, 0.1) is 12.7 Å². The van der Waals surface area contributed by atoms with Crippen LogP contribution in [0.5, 0.6) is 5.75 Å². The first-order valence-electron chi connectivity index (χ1n) is 9.70. The van der Waals surface area contributed by atoms with Crippen LogP contribution < -0.4 is 4.74 Å². The SMILES string of the molecule is COc1cc(CCCO[Si](C)(C)C(C)(C)C)ccc1-c1ccc(C(=O)O)cc1. The molecule has 0 saturated carbocycles. The molecule has 0 amide bonds. The minimum absolute atomic E-state index is 0.230. The zero-order valence-electron chi connectivity index (χ0n) is 17.8. The summed E-state index contributed by atoms with van der Waals surface area (Å²) in [6.45, 7) is 12.1. The highest BCUT2D eigenvalue weighted by atomic mass is 28.4. The maximum absolute atomic E-state index is 11.0. The molecule has 2 aromatic rings. The quantitative estimate of drug-likeness (QED) is 0.435. The number of hydrogen-bond acceptors (Lipinski definition) is 3. The minimum atomic E-state index is -1.69. The van der Waals surface area contributed by atoms with Crippen molar-refractivity contribution in [2.45, 2.75) is 51.7 Å². The van der Waals surface area contributed by atoms with Crippen LogP contribution in [0.15, 0.2) is 42.5 Å². The van der Waals surface area contributed by atoms with Crippen LogP contribution in [0.3, 0.4) is 0 Å². The molecule has 4 nitrogen and oxygen atoms in total. The van der Waals surface area contributed by atoms with Crippen LogP contribution in [0.25, 0.3) is 11.1 Å². The van der Waals surface area contributed by atoms with Gasteiger partial charge in [0.15, 0.2) is 8.32 Å². The fourth-order valence-electron chi connectivity index (χ4n) is 2.74. The van der Waals surface area contributed by atoms with Gasteiger partial charge in [0.1, 0.15) is 5.75 Å². The number of carbonyl (C=O) groups is 1. The van der Waals surface area contributed by atoms with Crippen LogP contribution in [0.2, 0.25) is 18.1 Å². The van der Waals surface area contributed by atoms with Crippen molar-refractivity contribution < 1.29 is 19.1 Å². The van der Waals surface area contributed by atoms with E-state index in [1.165, 1.54) is 5.56 Å². The van der Waals surface area contributed by atoms with Crippen LogP contribution in [-0.2, 0) is 10.8 Å². The number of ether oxygens (including phenoxy) is 1. The Labute approximate surface area is 169 Å². The number of carboxylic acid groups (broad SMARTS) is 1. The van der Waals surface area contributed by atoms with Crippen LogP contribution in [-0.4, -0.2) is 33.1 Å². The van der Waals surface area contributed by atoms with Crippen molar-refractivity contribution >= 4 is 14.3 Å². The largest absolute Gasteiger partial charge is 0.496 e. The van der Waals surface area contributed by atoms with Crippen molar-refractivity contribution in [2.75, 3.05) is 13.7 Å². The number of aromatic carboxylic acids is 1. The molecule has 28 heavy (non-hydrogen) atoms. The molecule has 0 saturated heterocycles. The molecule has 0 unspecified atom stereocenters. The van der Waals surface area contributed by atoms with E-state index in [0.717, 1.165) is 36.3 Å². The molecular weight excluding hydrogens is 368 g/mol. The predicted octanol–water partition coefficient (Wildman–Crippen LogP) is 6.01. The predicted molar refractivity (Wildman–Crippen MR) is 117 cm³/mol. The van der Waals surface area contributed by atoms with Gasteiger partial charge in [-0.25, -0.2) is 4.79 Å². The van der Waals surface area contributed by atoms with Crippen molar-refractivity contribution in [3.05, 3.63) is 53.6 Å². The molecule has 0 fully saturated rings. The van der Waals surface area contributed by atoms with Crippen molar-refractivity contribution in [3.8, 4) is 16.9 Å². The van der Waals surface area contributed by atoms with Crippen LogP contribution in [0, 0.1) is 0 Å². The molecule has 152 valence electrons. The van der Waals surface area contributed by atoms with Gasteiger partial charge in [-0.15, -0.1) is 0 Å². The van der Waals surface area contributed by atoms with Gasteiger partial charge in [0.2, 0.25) is 0 Å². The molecule has 1 N–H and O–H groups in total. The van der Waals surface area contributed by atoms with E-state index in [4.69, 9.17) is 14.3 Å². The summed E-state index contributed by atoms with van der Waals surface area (Å²) >= 11 is 0. The molecule has 5 heteroatoms. The maximum Gasteiger partial charge on any atom is 0.335 e. The number of hydrogen-bond donors (Lipinski definition) is 1. The molecule has 0 spiro atoms. The highest BCUT2D eigenvalue weighted by molar-refractivity contribution is 6.74. The second kappa shape index (κ2) is 8.93. The van der Waals surface area contributed by atoms with Crippen LogP contribution in [0.1, 0.15) is 43.1 Å². The lowest BCUT2D eigenvalue weighted by atomic mass is 10.00. The molecule has 0 heterocycles. The molecule has 0 aliphatic heterocycles. The number of aryl methyl sites for hydroxylation is 1. The first-order valence-corrected chi connectivity index (χ1v) is 12.6. The van der Waals surface area contributed by atoms with Gasteiger partial charge in [-0.05, 0) is 60.3 Å². The molecule has 0 bridgehead atoms. The molecular formula is C23H32O4Si. The summed E-state index contributed by atoms with van der Waals surface area (Å²) in [5, 5.41) is 9.28. The van der Waals surface area contributed by atoms with E-state index >= 15 is 0 Å². The fraction of sp³-hybridized carbons (Fsp3) is 0.435. The van der Waals surface area contributed by atoms with Crippen molar-refractivity contribution in [1.82, 2.24) is 0 Å². The summed E-state index contributed by atoms with van der Waals surface area (Å²) in [7, 11) is -0.0317. The van der Waals surface area contributed by atoms with Gasteiger partial charge in [-0.2, -0.15) is 0 Å². The zero-order valence-corrected chi connectivity index (χ0v) is 18.8. The topological polar surface area (TPSA) is 55.8 Å². The highest BCUT2D eigenvalue weighted by Gasteiger charge is 2.36. The van der Waals surface area contributed by atoms with Crippen LogP contribution >= 0.6 is 0 Å². The lowest BCUT2D eigenvalue weighted by molar-refractivity contribution is 0.0697. The first kappa shape index (κ1) is 22.2. The van der Waals surface area contributed by atoms with Gasteiger partial charge >= 0.3 is 5.97 Å². The zero-order chi connectivity index (χ0) is 20.9. The van der Waals surface area contributed by atoms with Gasteiger partial charge in [0.25, 0.3) is 0 Å². The molecule has 0 aliphatic carbocycles. The standard InChI is InChI=1S/C23H32O4Si/c1-23(2,3)28(5,6)27-15-7-8-17-9-14-20(21(16-17)26-4)18-10-12-19(13-11-18)22(24)25/h9-14,16H,7-8,15H2,1-6H3,(H,24,25). The highest BCUT2D eigenvalue weighted by Crippen LogP contribution is 2.36. The molecule has 0 aliphatic rings. The maximum atomic E-state index is 11.0. The number of carboxylic acids is 1. The molecule has 0 atom stereocenters. The van der Waals surface area contributed by atoms with Gasteiger partial charge in [-0.3, -0.25) is 0 Å². The Morgan fingerprint density at radius 3 is 2.25 bits per heavy atom. The normalized spacial score (nSPS) is 12.1. The lowest BCUT2D eigenvalue weighted by Gasteiger charge is -2.36. The van der Waals surface area contributed by atoms with E-state index in [2.05, 4.69) is 46.0 Å². The third-order valence-electron chi connectivity index (χ3n) is 5.59. The van der Waals surface area contributed by atoms with Crippen LogP contribution in [0.4, 0.5) is 0 Å². The van der Waals surface area contributed by atoms with E-state index in [0.29, 0.717) is 0 Å². The van der Waals surface area contributed by atoms with Gasteiger partial charge in [-0.1, -0.05) is 45.0 Å². The van der Waals surface area contributed by atoms with E-state index in [1.54, 1.807) is 19.2 Å². The smallest absolute Gasteiger partial charge is 0.335 e. The van der Waals surface area contributed by atoms with Gasteiger partial charge < -0.3 is 14.3 Å². The van der Waals surface area contributed by atoms with E-state index in [1.807, 2.05) is 18.2 Å². The summed E-state index contributed by atoms with van der Waals surface area (Å²) in [6.07, 6.45) is 1.91. The fourth-order valence-corrected chi connectivity index (χ4v) is 3.83. The summed E-state index contributed by atoms with van der Waals surface area (Å²) in [6, 6.07) is 13.1. The first-order chi connectivity index (χ1) is 13.0. The average molecular weight is 401 g/mol. The Hall–Kier alpha value is -2.11. The number of methoxy groups -OCH3 is 1. The molecule has 2 rings (SSSR count). The van der Waals surface area contributed by atoms with E-state index < -0.39 is 14.3 Å². The Bertz CT molecular complexity index is 804. The van der Waals surface area contributed by atoms with E-state index in [9.17, 15) is 4.79 Å². The Kier molecular flexibility index (Phi) is 7.07. The number of benzene rings is 2. The number of rotatable bonds is 8. The Balaban J connectivity index is 2.04. The summed E-state index contributed by atoms with van der Waals surface area (Å²) < 4.78 is 11.8. The third-order valence-corrected chi connectivity index (χ3v) is 10.1. The second-order valence-corrected chi connectivity index (χ2v) is 13.4. The third kappa shape index (κ3) is 5.46. The Morgan fingerprint density at radius 2 is 1.71 bits per heavy atom. The van der Waals surface area contributed by atoms with Crippen molar-refractivity contribution in [2.24, 2.45) is 0 Å². The van der Waals surface area contributed by atoms with Crippen molar-refractivity contribution in [3.63, 3.8) is 0 Å². The van der Waals surface area contributed by atoms with Crippen molar-refractivity contribution in [1.29, 1.82) is 0 Å². The molecule has 2 aromatic carbocycles. The second-order valence-electron chi connectivity index (χ2n) is 8.63. The molecule has 0 aromatic heterocycles. The minimum Gasteiger partial charge on any atom is -0.496 e. The summed E-state index contributed by atoms with van der Waals surface area (Å²) in [4.78, 5) is 11.0. The van der Waals surface area contributed by atoms with Gasteiger partial charge in [0, 0.05) is 12.2 Å². The Morgan fingerprint density at radius 1 is 1.07 bits per heavy atom. The monoisotopic (exact) mass is 400 g/mol.